The van der Waals surface area contributed by atoms with Crippen molar-refractivity contribution in [1.82, 2.24) is 9.47 Å². The van der Waals surface area contributed by atoms with Crippen molar-refractivity contribution in [3.8, 4) is 0 Å². The maximum atomic E-state index is 14.0. The molecule has 3 aromatic rings. The minimum atomic E-state index is -4.37. The van der Waals surface area contributed by atoms with Crippen LogP contribution >= 0.6 is 0 Å². The van der Waals surface area contributed by atoms with Crippen LogP contribution in [0.25, 0.3) is 0 Å². The van der Waals surface area contributed by atoms with Crippen molar-refractivity contribution in [2.24, 2.45) is 0 Å². The zero-order chi connectivity index (χ0) is 21.7. The van der Waals surface area contributed by atoms with Crippen LogP contribution in [-0.4, -0.2) is 16.0 Å². The highest BCUT2D eigenvalue weighted by Crippen LogP contribution is 2.29. The van der Waals surface area contributed by atoms with Gasteiger partial charge in [0.05, 0.1) is 5.56 Å². The van der Waals surface area contributed by atoms with Gasteiger partial charge in [-0.05, 0) is 42.0 Å². The minimum Gasteiger partial charge on any atom is -0.346 e. The van der Waals surface area contributed by atoms with E-state index in [4.69, 9.17) is 0 Å². The Kier molecular flexibility index (Phi) is 6.72. The Hall–Kier alpha value is -2.93. The van der Waals surface area contributed by atoms with Gasteiger partial charge in [0.15, 0.2) is 0 Å². The Balaban J connectivity index is 1.75. The highest BCUT2D eigenvalue weighted by atomic mass is 19.4. The lowest BCUT2D eigenvalue weighted by atomic mass is 10.1. The Morgan fingerprint density at radius 3 is 2.17 bits per heavy atom. The third-order valence-corrected chi connectivity index (χ3v) is 4.77. The average Bonchev–Trinajstić information content (AvgIpc) is 3.11. The molecule has 0 bridgehead atoms. The van der Waals surface area contributed by atoms with Gasteiger partial charge in [-0.1, -0.05) is 24.3 Å². The summed E-state index contributed by atoms with van der Waals surface area (Å²) < 4.78 is 68.2. The summed E-state index contributed by atoms with van der Waals surface area (Å²) in [6.45, 7) is 4.97. The zero-order valence-corrected chi connectivity index (χ0v) is 16.2. The number of hydrogen-bond acceptors (Lipinski definition) is 1. The summed E-state index contributed by atoms with van der Waals surface area (Å²) >= 11 is 0. The number of hydrogen-bond donors (Lipinski definition) is 0. The van der Waals surface area contributed by atoms with Crippen LogP contribution in [0.5, 0.6) is 0 Å². The van der Waals surface area contributed by atoms with Crippen molar-refractivity contribution < 1.29 is 22.0 Å². The van der Waals surface area contributed by atoms with E-state index in [1.165, 1.54) is 30.3 Å². The normalized spacial score (nSPS) is 11.8. The predicted octanol–water partition coefficient (Wildman–Crippen LogP) is 6.02. The lowest BCUT2D eigenvalue weighted by Crippen LogP contribution is -2.25. The fourth-order valence-corrected chi connectivity index (χ4v) is 3.25. The Morgan fingerprint density at radius 2 is 1.57 bits per heavy atom. The maximum absolute atomic E-state index is 14.0. The molecule has 30 heavy (non-hydrogen) atoms. The summed E-state index contributed by atoms with van der Waals surface area (Å²) in [6.07, 6.45) is -0.894. The van der Waals surface area contributed by atoms with Crippen molar-refractivity contribution in [3.05, 3.63) is 107 Å². The number of alkyl halides is 3. The lowest BCUT2D eigenvalue weighted by molar-refractivity contribution is -0.137. The van der Waals surface area contributed by atoms with Gasteiger partial charge < -0.3 is 4.57 Å². The number of benzene rings is 2. The molecular weight excluding hydrogens is 399 g/mol. The van der Waals surface area contributed by atoms with Crippen molar-refractivity contribution in [3.63, 3.8) is 0 Å². The fourth-order valence-electron chi connectivity index (χ4n) is 3.25. The van der Waals surface area contributed by atoms with Crippen LogP contribution in [0.1, 0.15) is 22.4 Å². The van der Waals surface area contributed by atoms with E-state index in [1.54, 1.807) is 6.08 Å². The molecule has 7 heteroatoms. The number of rotatable bonds is 8. The summed E-state index contributed by atoms with van der Waals surface area (Å²) in [4.78, 5) is 1.84. The van der Waals surface area contributed by atoms with Gasteiger partial charge in [0.2, 0.25) is 0 Å². The smallest absolute Gasteiger partial charge is 0.346 e. The summed E-state index contributed by atoms with van der Waals surface area (Å²) in [7, 11) is 0. The molecule has 158 valence electrons. The molecule has 0 aliphatic carbocycles. The quantitative estimate of drug-likeness (QED) is 0.320. The van der Waals surface area contributed by atoms with Gasteiger partial charge in [-0.25, -0.2) is 8.78 Å². The molecule has 0 unspecified atom stereocenters. The van der Waals surface area contributed by atoms with Crippen LogP contribution in [0.2, 0.25) is 0 Å². The third kappa shape index (κ3) is 5.36. The first kappa shape index (κ1) is 21.8. The summed E-state index contributed by atoms with van der Waals surface area (Å²) in [5.41, 5.74) is 0.882. The molecule has 2 aromatic carbocycles. The van der Waals surface area contributed by atoms with E-state index in [9.17, 15) is 22.0 Å². The van der Waals surface area contributed by atoms with Crippen molar-refractivity contribution in [2.45, 2.75) is 25.8 Å². The van der Waals surface area contributed by atoms with Crippen LogP contribution in [0.15, 0.2) is 73.4 Å². The maximum Gasteiger partial charge on any atom is 0.416 e. The van der Waals surface area contributed by atoms with Gasteiger partial charge in [-0.15, -0.1) is 6.58 Å². The van der Waals surface area contributed by atoms with Gasteiger partial charge in [-0.3, -0.25) is 4.90 Å². The summed E-state index contributed by atoms with van der Waals surface area (Å²) in [5.74, 6) is -1.21. The Morgan fingerprint density at radius 1 is 0.900 bits per heavy atom. The van der Waals surface area contributed by atoms with E-state index in [0.29, 0.717) is 19.6 Å². The summed E-state index contributed by atoms with van der Waals surface area (Å²) in [5, 5.41) is 0. The van der Waals surface area contributed by atoms with Crippen LogP contribution < -0.4 is 0 Å². The molecule has 1 aromatic heterocycles. The standard InChI is InChI=1S/C23H21F5N2/c1-2-12-29(16-20-21(24)6-3-7-22(20)25)15-19-5-4-13-30(19)14-17-8-10-18(11-9-17)23(26,27)28/h2-11,13H,1,12,14-16H2. The lowest BCUT2D eigenvalue weighted by Gasteiger charge is -2.22. The van der Waals surface area contributed by atoms with Gasteiger partial charge >= 0.3 is 6.18 Å². The fraction of sp³-hybridized carbons (Fsp3) is 0.217. The van der Waals surface area contributed by atoms with E-state index in [0.717, 1.165) is 23.4 Å². The SMILES string of the molecule is C=CCN(Cc1c(F)cccc1F)Cc1cccn1Cc1ccc(C(F)(F)F)cc1. The highest BCUT2D eigenvalue weighted by Gasteiger charge is 2.29. The average molecular weight is 420 g/mol. The minimum absolute atomic E-state index is 0.0137. The highest BCUT2D eigenvalue weighted by molar-refractivity contribution is 5.26. The van der Waals surface area contributed by atoms with Crippen LogP contribution in [0.3, 0.4) is 0 Å². The molecule has 0 saturated carbocycles. The van der Waals surface area contributed by atoms with Crippen molar-refractivity contribution in [1.29, 1.82) is 0 Å². The molecule has 0 radical (unpaired) electrons. The second kappa shape index (κ2) is 9.26. The van der Waals surface area contributed by atoms with Crippen LogP contribution in [0.4, 0.5) is 22.0 Å². The second-order valence-electron chi connectivity index (χ2n) is 6.98. The largest absolute Gasteiger partial charge is 0.416 e. The Bertz CT molecular complexity index is 969. The van der Waals surface area contributed by atoms with E-state index in [2.05, 4.69) is 6.58 Å². The van der Waals surface area contributed by atoms with Crippen LogP contribution in [-0.2, 0) is 25.8 Å². The molecule has 2 nitrogen and oxygen atoms in total. The molecule has 0 aliphatic rings. The third-order valence-electron chi connectivity index (χ3n) is 4.77. The molecule has 0 N–H and O–H groups in total. The van der Waals surface area contributed by atoms with E-state index in [1.807, 2.05) is 27.8 Å². The zero-order valence-electron chi connectivity index (χ0n) is 16.2. The number of nitrogens with zero attached hydrogens (tertiary/aromatic N) is 2. The molecule has 1 heterocycles. The molecule has 0 spiro atoms. The van der Waals surface area contributed by atoms with Crippen molar-refractivity contribution in [2.75, 3.05) is 6.54 Å². The first-order valence-corrected chi connectivity index (χ1v) is 9.34. The summed E-state index contributed by atoms with van der Waals surface area (Å²) in [6, 6.07) is 12.5. The van der Waals surface area contributed by atoms with Crippen molar-refractivity contribution >= 4 is 0 Å². The number of aromatic nitrogens is 1. The number of halogens is 5. The van der Waals surface area contributed by atoms with Gasteiger partial charge in [0.25, 0.3) is 0 Å². The van der Waals surface area contributed by atoms with Gasteiger partial charge in [-0.2, -0.15) is 13.2 Å². The molecular formula is C23H21F5N2. The first-order chi connectivity index (χ1) is 14.3. The molecule has 0 saturated heterocycles. The Labute approximate surface area is 171 Å². The monoisotopic (exact) mass is 420 g/mol. The van der Waals surface area contributed by atoms with Gasteiger partial charge in [0.1, 0.15) is 11.6 Å². The molecule has 0 amide bonds. The second-order valence-corrected chi connectivity index (χ2v) is 6.98. The molecule has 0 aliphatic heterocycles. The molecule has 3 rings (SSSR count). The first-order valence-electron chi connectivity index (χ1n) is 9.34. The van der Waals surface area contributed by atoms with E-state index < -0.39 is 23.4 Å². The van der Waals surface area contributed by atoms with E-state index >= 15 is 0 Å². The molecule has 0 fully saturated rings. The van der Waals surface area contributed by atoms with E-state index in [-0.39, 0.29) is 12.1 Å². The topological polar surface area (TPSA) is 8.17 Å². The molecule has 0 atom stereocenters. The van der Waals surface area contributed by atoms with Gasteiger partial charge in [0, 0.05) is 43.6 Å². The predicted molar refractivity (Wildman–Crippen MR) is 106 cm³/mol. The van der Waals surface area contributed by atoms with Crippen LogP contribution in [0, 0.1) is 11.6 Å².